The van der Waals surface area contributed by atoms with Crippen LogP contribution in [-0.4, -0.2) is 41.2 Å². The van der Waals surface area contributed by atoms with Gasteiger partial charge in [0.25, 0.3) is 0 Å². The fraction of sp³-hybridized carbons (Fsp3) is 0.611. The quantitative estimate of drug-likeness (QED) is 0.832. The van der Waals surface area contributed by atoms with E-state index < -0.39 is 0 Å². The van der Waals surface area contributed by atoms with Gasteiger partial charge in [-0.15, -0.1) is 0 Å². The molecule has 3 heterocycles. The van der Waals surface area contributed by atoms with Crippen molar-refractivity contribution < 1.29 is 4.79 Å². The van der Waals surface area contributed by atoms with Crippen LogP contribution in [0.25, 0.3) is 0 Å². The number of allylic oxidation sites excluding steroid dienone is 2. The normalized spacial score (nSPS) is 29.6. The van der Waals surface area contributed by atoms with E-state index in [1.807, 2.05) is 6.20 Å². The number of hydrogen-bond acceptors (Lipinski definition) is 4. The van der Waals surface area contributed by atoms with Gasteiger partial charge in [0.05, 0.1) is 6.42 Å². The van der Waals surface area contributed by atoms with Gasteiger partial charge in [-0.1, -0.05) is 33.8 Å². The third-order valence-corrected chi connectivity index (χ3v) is 5.10. The van der Waals surface area contributed by atoms with Crippen LogP contribution in [0.2, 0.25) is 0 Å². The van der Waals surface area contributed by atoms with Crippen molar-refractivity contribution in [1.82, 2.24) is 20.7 Å². The minimum Gasteiger partial charge on any atom is -0.367 e. The number of nitrogens with zero attached hydrogens (tertiary/aromatic N) is 2. The highest BCUT2D eigenvalue weighted by Crippen LogP contribution is 2.40. The number of dihydropyridines is 1. The molecule has 3 rings (SSSR count). The lowest BCUT2D eigenvalue weighted by molar-refractivity contribution is -0.123. The van der Waals surface area contributed by atoms with Crippen LogP contribution in [0.5, 0.6) is 0 Å². The van der Waals surface area contributed by atoms with Crippen molar-refractivity contribution in [3.05, 3.63) is 35.7 Å². The van der Waals surface area contributed by atoms with Crippen LogP contribution in [-0.2, 0) is 4.79 Å². The molecule has 5 heteroatoms. The molecule has 0 aliphatic carbocycles. The first-order valence-corrected chi connectivity index (χ1v) is 8.72. The lowest BCUT2D eigenvalue weighted by atomic mass is 9.73. The van der Waals surface area contributed by atoms with Gasteiger partial charge in [-0.3, -0.25) is 9.80 Å². The molecule has 2 N–H and O–H groups in total. The summed E-state index contributed by atoms with van der Waals surface area (Å²) in [4.78, 5) is 12.2. The Hall–Kier alpha value is -1.75. The molecule has 0 radical (unpaired) electrons. The number of carbonyl (C=O) groups is 1. The van der Waals surface area contributed by atoms with Gasteiger partial charge in [-0.2, -0.15) is 0 Å². The Morgan fingerprint density at radius 1 is 1.35 bits per heavy atom. The number of amides is 1. The van der Waals surface area contributed by atoms with Crippen LogP contribution in [0.4, 0.5) is 0 Å². The van der Waals surface area contributed by atoms with Gasteiger partial charge >= 0.3 is 0 Å². The molecule has 0 aromatic heterocycles. The standard InChI is InChI=1S/C18H28N4O/c1-5-21(6-2)22-11-13-10-15(23)20-17(12(3)4)16(13)14-8-7-9-19-18(14)22/h7-9,11-12,16-19H,5-6,10H2,1-4H3,(H,20,23). The Morgan fingerprint density at radius 3 is 2.74 bits per heavy atom. The molecule has 5 nitrogen and oxygen atoms in total. The first-order chi connectivity index (χ1) is 11.1. The van der Waals surface area contributed by atoms with Crippen LogP contribution in [0.1, 0.15) is 34.1 Å². The molecule has 3 aliphatic rings. The van der Waals surface area contributed by atoms with E-state index in [9.17, 15) is 4.79 Å². The second kappa shape index (κ2) is 6.40. The van der Waals surface area contributed by atoms with E-state index in [4.69, 9.17) is 0 Å². The molecule has 3 aliphatic heterocycles. The minimum atomic E-state index is 0.143. The number of piperidine rings is 1. The predicted octanol–water partition coefficient (Wildman–Crippen LogP) is 1.97. The first kappa shape index (κ1) is 16.1. The zero-order chi connectivity index (χ0) is 16.6. The molecule has 3 atom stereocenters. The smallest absolute Gasteiger partial charge is 0.224 e. The van der Waals surface area contributed by atoms with Crippen molar-refractivity contribution in [3.63, 3.8) is 0 Å². The number of carbonyl (C=O) groups excluding carboxylic acids is 1. The molecule has 126 valence electrons. The summed E-state index contributed by atoms with van der Waals surface area (Å²) in [7, 11) is 0. The Bertz CT molecular complexity index is 559. The molecule has 1 saturated heterocycles. The predicted molar refractivity (Wildman–Crippen MR) is 91.9 cm³/mol. The van der Waals surface area contributed by atoms with E-state index in [0.29, 0.717) is 18.3 Å². The average molecular weight is 316 g/mol. The second-order valence-corrected chi connectivity index (χ2v) is 6.81. The van der Waals surface area contributed by atoms with Gasteiger partial charge in [-0.05, 0) is 29.3 Å². The number of nitrogens with one attached hydrogen (secondary N) is 2. The Morgan fingerprint density at radius 2 is 2.09 bits per heavy atom. The first-order valence-electron chi connectivity index (χ1n) is 8.72. The monoisotopic (exact) mass is 316 g/mol. The second-order valence-electron chi connectivity index (χ2n) is 6.81. The maximum absolute atomic E-state index is 12.2. The van der Waals surface area contributed by atoms with Gasteiger partial charge in [0.2, 0.25) is 5.91 Å². The summed E-state index contributed by atoms with van der Waals surface area (Å²) in [5.74, 6) is 0.839. The van der Waals surface area contributed by atoms with E-state index in [2.05, 4.69) is 66.7 Å². The van der Waals surface area contributed by atoms with Crippen LogP contribution in [0.3, 0.4) is 0 Å². The van der Waals surface area contributed by atoms with E-state index >= 15 is 0 Å². The molecular formula is C18H28N4O. The lowest BCUT2D eigenvalue weighted by Crippen LogP contribution is -2.60. The molecule has 1 fully saturated rings. The molecule has 0 aromatic carbocycles. The van der Waals surface area contributed by atoms with E-state index in [0.717, 1.165) is 13.1 Å². The molecule has 0 spiro atoms. The zero-order valence-corrected chi connectivity index (χ0v) is 14.5. The highest BCUT2D eigenvalue weighted by atomic mass is 16.1. The van der Waals surface area contributed by atoms with Crippen LogP contribution in [0, 0.1) is 11.8 Å². The fourth-order valence-corrected chi connectivity index (χ4v) is 3.98. The molecule has 23 heavy (non-hydrogen) atoms. The maximum Gasteiger partial charge on any atom is 0.224 e. The van der Waals surface area contributed by atoms with Gasteiger partial charge in [-0.25, -0.2) is 5.01 Å². The third-order valence-electron chi connectivity index (χ3n) is 5.10. The van der Waals surface area contributed by atoms with Gasteiger partial charge in [0.15, 0.2) is 0 Å². The molecule has 0 aromatic rings. The van der Waals surface area contributed by atoms with E-state index in [-0.39, 0.29) is 18.1 Å². The number of hydrazine groups is 1. The lowest BCUT2D eigenvalue weighted by Gasteiger charge is -2.50. The van der Waals surface area contributed by atoms with E-state index in [1.165, 1.54) is 11.1 Å². The van der Waals surface area contributed by atoms with Crippen LogP contribution >= 0.6 is 0 Å². The summed E-state index contributed by atoms with van der Waals surface area (Å²) in [5, 5.41) is 11.3. The average Bonchev–Trinajstić information content (AvgIpc) is 2.54. The number of rotatable bonds is 4. The molecule has 0 bridgehead atoms. The molecule has 0 saturated carbocycles. The van der Waals surface area contributed by atoms with Crippen molar-refractivity contribution in [1.29, 1.82) is 0 Å². The Labute approximate surface area is 139 Å². The topological polar surface area (TPSA) is 47.6 Å². The summed E-state index contributed by atoms with van der Waals surface area (Å²) in [6.07, 6.45) is 9.16. The van der Waals surface area contributed by atoms with Crippen molar-refractivity contribution in [2.45, 2.75) is 46.3 Å². The van der Waals surface area contributed by atoms with Crippen LogP contribution < -0.4 is 10.6 Å². The number of hydrogen-bond donors (Lipinski definition) is 2. The summed E-state index contributed by atoms with van der Waals surface area (Å²) < 4.78 is 0. The van der Waals surface area contributed by atoms with Gasteiger partial charge < -0.3 is 10.6 Å². The summed E-state index contributed by atoms with van der Waals surface area (Å²) in [6.45, 7) is 10.6. The minimum absolute atomic E-state index is 0.143. The van der Waals surface area contributed by atoms with Gasteiger partial charge in [0.1, 0.15) is 6.17 Å². The number of fused-ring (bicyclic) bond motifs is 3. The van der Waals surface area contributed by atoms with Crippen molar-refractivity contribution in [3.8, 4) is 0 Å². The SMILES string of the molecule is CCN(CC)N1C=C2CC(=O)NC(C(C)C)C2C2=CC=CNC21. The van der Waals surface area contributed by atoms with Crippen molar-refractivity contribution in [2.75, 3.05) is 13.1 Å². The van der Waals surface area contributed by atoms with Crippen LogP contribution in [0.15, 0.2) is 35.7 Å². The van der Waals surface area contributed by atoms with Gasteiger partial charge in [0, 0.05) is 31.2 Å². The Kier molecular flexibility index (Phi) is 4.48. The summed E-state index contributed by atoms with van der Waals surface area (Å²) in [5.41, 5.74) is 2.59. The summed E-state index contributed by atoms with van der Waals surface area (Å²) in [6, 6.07) is 0.170. The zero-order valence-electron chi connectivity index (χ0n) is 14.5. The Balaban J connectivity index is 2.05. The molecular weight excluding hydrogens is 288 g/mol. The van der Waals surface area contributed by atoms with Crippen molar-refractivity contribution >= 4 is 5.91 Å². The summed E-state index contributed by atoms with van der Waals surface area (Å²) >= 11 is 0. The van der Waals surface area contributed by atoms with Crippen molar-refractivity contribution in [2.24, 2.45) is 11.8 Å². The highest BCUT2D eigenvalue weighted by molar-refractivity contribution is 5.81. The molecule has 1 amide bonds. The fourth-order valence-electron chi connectivity index (χ4n) is 3.98. The highest BCUT2D eigenvalue weighted by Gasteiger charge is 2.44. The molecule has 3 unspecified atom stereocenters. The third kappa shape index (κ3) is 2.78. The maximum atomic E-state index is 12.2. The largest absolute Gasteiger partial charge is 0.367 e. The van der Waals surface area contributed by atoms with E-state index in [1.54, 1.807) is 0 Å².